The second-order valence-electron chi connectivity index (χ2n) is 6.24. The SMILES string of the molecule is COC(=O)c1cc(CN(C)Cc2ccc(C(C)C)cc2)oc1C. The van der Waals surface area contributed by atoms with Crippen molar-refractivity contribution in [2.45, 2.75) is 39.8 Å². The first-order valence-corrected chi connectivity index (χ1v) is 7.85. The molecule has 2 rings (SSSR count). The molecule has 0 fully saturated rings. The van der Waals surface area contributed by atoms with E-state index in [2.05, 4.69) is 43.0 Å². The largest absolute Gasteiger partial charge is 0.465 e. The van der Waals surface area contributed by atoms with Gasteiger partial charge in [0.1, 0.15) is 17.1 Å². The third-order valence-electron chi connectivity index (χ3n) is 3.90. The van der Waals surface area contributed by atoms with Crippen molar-refractivity contribution in [3.63, 3.8) is 0 Å². The number of aryl methyl sites for hydroxylation is 1. The maximum Gasteiger partial charge on any atom is 0.341 e. The number of rotatable bonds is 6. The van der Waals surface area contributed by atoms with E-state index in [9.17, 15) is 4.79 Å². The molecule has 0 atom stereocenters. The summed E-state index contributed by atoms with van der Waals surface area (Å²) in [5.74, 6) is 1.56. The van der Waals surface area contributed by atoms with Gasteiger partial charge in [-0.25, -0.2) is 4.79 Å². The zero-order valence-corrected chi connectivity index (χ0v) is 14.6. The summed E-state index contributed by atoms with van der Waals surface area (Å²) in [5, 5.41) is 0. The molecule has 0 saturated carbocycles. The van der Waals surface area contributed by atoms with Gasteiger partial charge in [-0.15, -0.1) is 0 Å². The van der Waals surface area contributed by atoms with Gasteiger partial charge in [0, 0.05) is 6.54 Å². The van der Waals surface area contributed by atoms with Crippen LogP contribution in [0, 0.1) is 6.92 Å². The standard InChI is InChI=1S/C19H25NO3/c1-13(2)16-8-6-15(7-9-16)11-20(4)12-17-10-18(14(3)23-17)19(21)22-5/h6-10,13H,11-12H2,1-5H3. The molecule has 4 heteroatoms. The predicted molar refractivity (Wildman–Crippen MR) is 90.5 cm³/mol. The molecule has 0 aliphatic carbocycles. The zero-order chi connectivity index (χ0) is 17.0. The van der Waals surface area contributed by atoms with Crippen LogP contribution in [0.15, 0.2) is 34.7 Å². The minimum absolute atomic E-state index is 0.357. The lowest BCUT2D eigenvalue weighted by molar-refractivity contribution is 0.0599. The molecular formula is C19H25NO3. The van der Waals surface area contributed by atoms with Crippen LogP contribution in [0.4, 0.5) is 0 Å². The average molecular weight is 315 g/mol. The molecule has 23 heavy (non-hydrogen) atoms. The smallest absolute Gasteiger partial charge is 0.341 e. The van der Waals surface area contributed by atoms with Crippen LogP contribution >= 0.6 is 0 Å². The highest BCUT2D eigenvalue weighted by molar-refractivity contribution is 5.90. The number of hydrogen-bond donors (Lipinski definition) is 0. The van der Waals surface area contributed by atoms with Gasteiger partial charge in [0.25, 0.3) is 0 Å². The Hall–Kier alpha value is -2.07. The van der Waals surface area contributed by atoms with Gasteiger partial charge < -0.3 is 9.15 Å². The van der Waals surface area contributed by atoms with Crippen molar-refractivity contribution >= 4 is 5.97 Å². The number of hydrogen-bond acceptors (Lipinski definition) is 4. The highest BCUT2D eigenvalue weighted by Gasteiger charge is 2.16. The summed E-state index contributed by atoms with van der Waals surface area (Å²) in [5.41, 5.74) is 3.10. The van der Waals surface area contributed by atoms with E-state index in [-0.39, 0.29) is 5.97 Å². The number of ether oxygens (including phenoxy) is 1. The van der Waals surface area contributed by atoms with Crippen molar-refractivity contribution in [2.24, 2.45) is 0 Å². The Balaban J connectivity index is 1.99. The molecule has 1 heterocycles. The Morgan fingerprint density at radius 3 is 2.43 bits per heavy atom. The van der Waals surface area contributed by atoms with E-state index in [1.165, 1.54) is 18.2 Å². The number of furan rings is 1. The van der Waals surface area contributed by atoms with Crippen molar-refractivity contribution < 1.29 is 13.9 Å². The maximum absolute atomic E-state index is 11.6. The Labute approximate surface area is 138 Å². The van der Waals surface area contributed by atoms with Crippen LogP contribution in [0.2, 0.25) is 0 Å². The van der Waals surface area contributed by atoms with Crippen LogP contribution in [0.3, 0.4) is 0 Å². The predicted octanol–water partition coefficient (Wildman–Crippen LogP) is 4.13. The topological polar surface area (TPSA) is 42.7 Å². The van der Waals surface area contributed by atoms with Gasteiger partial charge >= 0.3 is 5.97 Å². The van der Waals surface area contributed by atoms with Gasteiger partial charge in [0.2, 0.25) is 0 Å². The second-order valence-corrected chi connectivity index (χ2v) is 6.24. The van der Waals surface area contributed by atoms with Crippen molar-refractivity contribution in [2.75, 3.05) is 14.2 Å². The van der Waals surface area contributed by atoms with Crippen LogP contribution in [0.25, 0.3) is 0 Å². The van der Waals surface area contributed by atoms with Crippen molar-refractivity contribution in [3.05, 3.63) is 58.5 Å². The lowest BCUT2D eigenvalue weighted by Gasteiger charge is -2.16. The normalized spacial score (nSPS) is 11.3. The maximum atomic E-state index is 11.6. The molecular weight excluding hydrogens is 290 g/mol. The number of benzene rings is 1. The van der Waals surface area contributed by atoms with Gasteiger partial charge in [0.15, 0.2) is 0 Å². The number of carbonyl (C=O) groups excluding carboxylic acids is 1. The van der Waals surface area contributed by atoms with Crippen LogP contribution in [-0.4, -0.2) is 25.0 Å². The highest BCUT2D eigenvalue weighted by atomic mass is 16.5. The first-order chi connectivity index (χ1) is 10.9. The summed E-state index contributed by atoms with van der Waals surface area (Å²) in [6, 6.07) is 10.5. The van der Waals surface area contributed by atoms with Crippen molar-refractivity contribution in [1.82, 2.24) is 4.90 Å². The molecule has 0 bridgehead atoms. The molecule has 1 aromatic heterocycles. The van der Waals surface area contributed by atoms with E-state index >= 15 is 0 Å². The lowest BCUT2D eigenvalue weighted by atomic mass is 10.0. The Bertz CT molecular complexity index is 656. The lowest BCUT2D eigenvalue weighted by Crippen LogP contribution is -2.16. The van der Waals surface area contributed by atoms with Gasteiger partial charge in [-0.3, -0.25) is 4.90 Å². The fraction of sp³-hybridized carbons (Fsp3) is 0.421. The molecule has 124 valence electrons. The van der Waals surface area contributed by atoms with E-state index < -0.39 is 0 Å². The Morgan fingerprint density at radius 2 is 1.87 bits per heavy atom. The van der Waals surface area contributed by atoms with E-state index in [0.29, 0.717) is 23.8 Å². The van der Waals surface area contributed by atoms with Crippen LogP contribution < -0.4 is 0 Å². The second kappa shape index (κ2) is 7.47. The average Bonchev–Trinajstić information content (AvgIpc) is 2.87. The highest BCUT2D eigenvalue weighted by Crippen LogP contribution is 2.19. The van der Waals surface area contributed by atoms with E-state index in [1.54, 1.807) is 13.0 Å². The summed E-state index contributed by atoms with van der Waals surface area (Å²) >= 11 is 0. The zero-order valence-electron chi connectivity index (χ0n) is 14.6. The van der Waals surface area contributed by atoms with E-state index in [1.807, 2.05) is 7.05 Å². The number of carbonyl (C=O) groups is 1. The minimum atomic E-state index is -0.357. The Morgan fingerprint density at radius 1 is 1.22 bits per heavy atom. The van der Waals surface area contributed by atoms with E-state index in [4.69, 9.17) is 9.15 Å². The van der Waals surface area contributed by atoms with Gasteiger partial charge in [-0.05, 0) is 37.1 Å². The molecule has 0 radical (unpaired) electrons. The third kappa shape index (κ3) is 4.45. The van der Waals surface area contributed by atoms with Crippen LogP contribution in [0.1, 0.15) is 52.8 Å². The van der Waals surface area contributed by atoms with Crippen molar-refractivity contribution in [1.29, 1.82) is 0 Å². The van der Waals surface area contributed by atoms with Crippen LogP contribution in [-0.2, 0) is 17.8 Å². The van der Waals surface area contributed by atoms with E-state index in [0.717, 1.165) is 12.3 Å². The quantitative estimate of drug-likeness (QED) is 0.752. The summed E-state index contributed by atoms with van der Waals surface area (Å²) in [4.78, 5) is 13.8. The molecule has 0 aliphatic heterocycles. The molecule has 0 unspecified atom stereocenters. The molecule has 4 nitrogen and oxygen atoms in total. The molecule has 0 spiro atoms. The van der Waals surface area contributed by atoms with Gasteiger partial charge in [0.05, 0.1) is 13.7 Å². The van der Waals surface area contributed by atoms with Gasteiger partial charge in [-0.2, -0.15) is 0 Å². The number of methoxy groups -OCH3 is 1. The third-order valence-corrected chi connectivity index (χ3v) is 3.90. The van der Waals surface area contributed by atoms with Crippen LogP contribution in [0.5, 0.6) is 0 Å². The molecule has 0 aliphatic rings. The molecule has 1 aromatic carbocycles. The number of nitrogens with zero attached hydrogens (tertiary/aromatic N) is 1. The minimum Gasteiger partial charge on any atom is -0.465 e. The molecule has 0 N–H and O–H groups in total. The first-order valence-electron chi connectivity index (χ1n) is 7.85. The molecule has 0 saturated heterocycles. The first kappa shape index (κ1) is 17.3. The molecule has 2 aromatic rings. The number of esters is 1. The fourth-order valence-electron chi connectivity index (χ4n) is 2.58. The fourth-order valence-corrected chi connectivity index (χ4v) is 2.58. The summed E-state index contributed by atoms with van der Waals surface area (Å²) in [7, 11) is 3.41. The summed E-state index contributed by atoms with van der Waals surface area (Å²) < 4.78 is 10.4. The monoisotopic (exact) mass is 315 g/mol. The van der Waals surface area contributed by atoms with Crippen molar-refractivity contribution in [3.8, 4) is 0 Å². The molecule has 0 amide bonds. The Kier molecular flexibility index (Phi) is 5.61. The summed E-state index contributed by atoms with van der Waals surface area (Å²) in [6.07, 6.45) is 0. The van der Waals surface area contributed by atoms with Gasteiger partial charge in [-0.1, -0.05) is 38.1 Å². The summed E-state index contributed by atoms with van der Waals surface area (Å²) in [6.45, 7) is 7.63.